The van der Waals surface area contributed by atoms with Crippen molar-refractivity contribution < 1.29 is 20.1 Å². The van der Waals surface area contributed by atoms with Gasteiger partial charge in [0, 0.05) is 0 Å². The predicted molar refractivity (Wildman–Crippen MR) is 38.5 cm³/mol. The lowest BCUT2D eigenvalue weighted by Gasteiger charge is -2.26. The first-order chi connectivity index (χ1) is 5.16. The number of hydrogen-bond acceptors (Lipinski definition) is 4. The molecule has 4 nitrogen and oxygen atoms in total. The van der Waals surface area contributed by atoms with E-state index in [0.29, 0.717) is 0 Å². The van der Waals surface area contributed by atoms with Crippen molar-refractivity contribution in [3.63, 3.8) is 0 Å². The smallest absolute Gasteiger partial charge is 0.133 e. The van der Waals surface area contributed by atoms with E-state index in [1.54, 1.807) is 0 Å². The van der Waals surface area contributed by atoms with Crippen LogP contribution < -0.4 is 0 Å². The second-order valence-corrected chi connectivity index (χ2v) is 2.95. The van der Waals surface area contributed by atoms with E-state index in [0.717, 1.165) is 0 Å². The molecule has 0 radical (unpaired) electrons. The van der Waals surface area contributed by atoms with Crippen LogP contribution in [0.1, 0.15) is 0 Å². The van der Waals surface area contributed by atoms with E-state index in [1.807, 2.05) is 0 Å². The maximum absolute atomic E-state index is 9.29. The summed E-state index contributed by atoms with van der Waals surface area (Å²) >= 11 is 5.47. The Morgan fingerprint density at radius 3 is 2.36 bits per heavy atom. The molecule has 3 N–H and O–H groups in total. The fourth-order valence-electron chi connectivity index (χ4n) is 1.08. The first-order valence-corrected chi connectivity index (χ1v) is 3.86. The third kappa shape index (κ3) is 1.37. The SMILES string of the molecule is OC[C@@]1(CCl)OC[C@@H](O)[C@@H]1O. The molecular formula is C6H11ClO4. The Balaban J connectivity index is 2.69. The molecule has 0 saturated carbocycles. The van der Waals surface area contributed by atoms with Crippen LogP contribution in [-0.4, -0.2) is 52.2 Å². The molecule has 1 aliphatic rings. The van der Waals surface area contributed by atoms with E-state index < -0.39 is 17.8 Å². The number of ether oxygens (including phenoxy) is 1. The van der Waals surface area contributed by atoms with Crippen LogP contribution in [0, 0.1) is 0 Å². The van der Waals surface area contributed by atoms with Crippen LogP contribution in [0.4, 0.5) is 0 Å². The molecule has 11 heavy (non-hydrogen) atoms. The lowest BCUT2D eigenvalue weighted by Crippen LogP contribution is -2.47. The van der Waals surface area contributed by atoms with Gasteiger partial charge in [-0.25, -0.2) is 0 Å². The van der Waals surface area contributed by atoms with Gasteiger partial charge in [-0.1, -0.05) is 0 Å². The highest BCUT2D eigenvalue weighted by Gasteiger charge is 2.47. The third-order valence-corrected chi connectivity index (χ3v) is 2.39. The Hall–Kier alpha value is 0.130. The number of aliphatic hydroxyl groups excluding tert-OH is 3. The molecule has 1 saturated heterocycles. The Labute approximate surface area is 69.4 Å². The second kappa shape index (κ2) is 3.25. The minimum atomic E-state index is -1.17. The van der Waals surface area contributed by atoms with Gasteiger partial charge in [-0.3, -0.25) is 0 Å². The van der Waals surface area contributed by atoms with Gasteiger partial charge in [-0.15, -0.1) is 11.6 Å². The van der Waals surface area contributed by atoms with E-state index >= 15 is 0 Å². The number of rotatable bonds is 2. The zero-order valence-electron chi connectivity index (χ0n) is 5.90. The molecule has 0 bridgehead atoms. The van der Waals surface area contributed by atoms with Gasteiger partial charge in [-0.05, 0) is 0 Å². The maximum Gasteiger partial charge on any atom is 0.133 e. The lowest BCUT2D eigenvalue weighted by atomic mass is 9.99. The molecular weight excluding hydrogens is 172 g/mol. The van der Waals surface area contributed by atoms with Crippen LogP contribution in [0.5, 0.6) is 0 Å². The fourth-order valence-corrected chi connectivity index (χ4v) is 1.40. The summed E-state index contributed by atoms with van der Waals surface area (Å²) in [5.41, 5.74) is -1.17. The summed E-state index contributed by atoms with van der Waals surface area (Å²) in [4.78, 5) is 0. The summed E-state index contributed by atoms with van der Waals surface area (Å²) in [6, 6.07) is 0. The molecule has 0 aromatic heterocycles. The van der Waals surface area contributed by atoms with Crippen LogP contribution >= 0.6 is 11.6 Å². The topological polar surface area (TPSA) is 69.9 Å². The van der Waals surface area contributed by atoms with Gasteiger partial charge in [0.15, 0.2) is 0 Å². The molecule has 3 atom stereocenters. The maximum atomic E-state index is 9.29. The van der Waals surface area contributed by atoms with Crippen LogP contribution in [0.2, 0.25) is 0 Å². The molecule has 0 amide bonds. The quantitative estimate of drug-likeness (QED) is 0.465. The van der Waals surface area contributed by atoms with E-state index in [2.05, 4.69) is 0 Å². The van der Waals surface area contributed by atoms with Gasteiger partial charge in [0.2, 0.25) is 0 Å². The van der Waals surface area contributed by atoms with E-state index in [-0.39, 0.29) is 19.1 Å². The normalized spacial score (nSPS) is 44.7. The van der Waals surface area contributed by atoms with Crippen molar-refractivity contribution >= 4 is 11.6 Å². The van der Waals surface area contributed by atoms with Crippen molar-refractivity contribution in [1.29, 1.82) is 0 Å². The molecule has 1 heterocycles. The fraction of sp³-hybridized carbons (Fsp3) is 1.00. The lowest BCUT2D eigenvalue weighted by molar-refractivity contribution is -0.0790. The van der Waals surface area contributed by atoms with Crippen molar-refractivity contribution in [2.75, 3.05) is 19.1 Å². The third-order valence-electron chi connectivity index (χ3n) is 1.94. The van der Waals surface area contributed by atoms with Crippen molar-refractivity contribution in [2.24, 2.45) is 0 Å². The van der Waals surface area contributed by atoms with Crippen molar-refractivity contribution in [3.8, 4) is 0 Å². The molecule has 1 rings (SSSR count). The van der Waals surface area contributed by atoms with Gasteiger partial charge in [0.1, 0.15) is 17.8 Å². The highest BCUT2D eigenvalue weighted by atomic mass is 35.5. The summed E-state index contributed by atoms with van der Waals surface area (Å²) in [5.74, 6) is -0.0261. The molecule has 0 spiro atoms. The van der Waals surface area contributed by atoms with E-state index in [1.165, 1.54) is 0 Å². The highest BCUT2D eigenvalue weighted by molar-refractivity contribution is 6.18. The zero-order valence-corrected chi connectivity index (χ0v) is 6.66. The number of alkyl halides is 1. The number of aliphatic hydroxyl groups is 3. The van der Waals surface area contributed by atoms with Crippen LogP contribution in [0.25, 0.3) is 0 Å². The summed E-state index contributed by atoms with van der Waals surface area (Å²) in [6.07, 6.45) is -2.04. The Morgan fingerprint density at radius 2 is 2.18 bits per heavy atom. The monoisotopic (exact) mass is 182 g/mol. The van der Waals surface area contributed by atoms with Gasteiger partial charge in [-0.2, -0.15) is 0 Å². The number of hydrogen-bond donors (Lipinski definition) is 3. The Kier molecular flexibility index (Phi) is 2.72. The minimum absolute atomic E-state index is 0.0223. The molecule has 0 aromatic carbocycles. The minimum Gasteiger partial charge on any atom is -0.393 e. The van der Waals surface area contributed by atoms with Crippen LogP contribution in [-0.2, 0) is 4.74 Å². The van der Waals surface area contributed by atoms with E-state index in [9.17, 15) is 5.11 Å². The molecule has 0 aromatic rings. The standard InChI is InChI=1S/C6H11ClO4/c7-2-6(3-8)5(10)4(9)1-11-6/h4-5,8-10H,1-3H2/t4-,5+,6-/m1/s1. The Bertz CT molecular complexity index is 137. The largest absolute Gasteiger partial charge is 0.393 e. The molecule has 0 unspecified atom stereocenters. The van der Waals surface area contributed by atoms with Gasteiger partial charge in [0.25, 0.3) is 0 Å². The predicted octanol–water partition coefficient (Wildman–Crippen LogP) is -1.29. The first-order valence-electron chi connectivity index (χ1n) is 3.33. The summed E-state index contributed by atoms with van der Waals surface area (Å²) in [5, 5.41) is 27.2. The van der Waals surface area contributed by atoms with Crippen LogP contribution in [0.3, 0.4) is 0 Å². The second-order valence-electron chi connectivity index (χ2n) is 2.68. The number of halogens is 1. The van der Waals surface area contributed by atoms with Crippen molar-refractivity contribution in [3.05, 3.63) is 0 Å². The molecule has 0 aliphatic carbocycles. The van der Waals surface area contributed by atoms with Gasteiger partial charge in [0.05, 0.1) is 19.1 Å². The van der Waals surface area contributed by atoms with Gasteiger partial charge < -0.3 is 20.1 Å². The average Bonchev–Trinajstić information content (AvgIpc) is 2.32. The molecule has 66 valence electrons. The van der Waals surface area contributed by atoms with E-state index in [4.69, 9.17) is 26.6 Å². The summed E-state index contributed by atoms with van der Waals surface area (Å²) in [7, 11) is 0. The zero-order chi connectivity index (χ0) is 8.48. The van der Waals surface area contributed by atoms with Crippen molar-refractivity contribution in [1.82, 2.24) is 0 Å². The molecule has 5 heteroatoms. The molecule has 1 aliphatic heterocycles. The van der Waals surface area contributed by atoms with Gasteiger partial charge >= 0.3 is 0 Å². The first kappa shape index (κ1) is 9.22. The Morgan fingerprint density at radius 1 is 1.55 bits per heavy atom. The average molecular weight is 183 g/mol. The molecule has 1 fully saturated rings. The highest BCUT2D eigenvalue weighted by Crippen LogP contribution is 2.27. The summed E-state index contributed by atoms with van der Waals surface area (Å²) in [6.45, 7) is -0.358. The summed E-state index contributed by atoms with van der Waals surface area (Å²) < 4.78 is 4.98. The van der Waals surface area contributed by atoms with Crippen molar-refractivity contribution in [2.45, 2.75) is 17.8 Å². The van der Waals surface area contributed by atoms with Crippen LogP contribution in [0.15, 0.2) is 0 Å².